The van der Waals surface area contributed by atoms with Gasteiger partial charge in [-0.05, 0) is 72.2 Å². The third-order valence-corrected chi connectivity index (χ3v) is 2.58. The van der Waals surface area contributed by atoms with Crippen LogP contribution >= 0.6 is 0 Å². The molecule has 0 heterocycles. The zero-order chi connectivity index (χ0) is 17.0. The maximum absolute atomic E-state index is 12.3. The van der Waals surface area contributed by atoms with Gasteiger partial charge in [0.1, 0.15) is 11.4 Å². The summed E-state index contributed by atoms with van der Waals surface area (Å²) in [7, 11) is 0. The number of rotatable bonds is 5. The van der Waals surface area contributed by atoms with Crippen LogP contribution in [0, 0.1) is 0 Å². The van der Waals surface area contributed by atoms with E-state index in [2.05, 4.69) is 0 Å². The molecule has 0 N–H and O–H groups in total. The van der Waals surface area contributed by atoms with Crippen molar-refractivity contribution in [2.24, 2.45) is 0 Å². The Morgan fingerprint density at radius 3 is 2.14 bits per heavy atom. The van der Waals surface area contributed by atoms with Gasteiger partial charge in [0, 0.05) is 0 Å². The van der Waals surface area contributed by atoms with E-state index in [0.29, 0.717) is 24.5 Å². The van der Waals surface area contributed by atoms with Crippen molar-refractivity contribution in [1.82, 2.24) is 0 Å². The number of hydrogen-bond donors (Lipinski definition) is 0. The summed E-state index contributed by atoms with van der Waals surface area (Å²) in [5.74, 6) is 0.296. The first-order valence-electron chi connectivity index (χ1n) is 7.64. The summed E-state index contributed by atoms with van der Waals surface area (Å²) < 4.78 is 16.7. The van der Waals surface area contributed by atoms with Crippen LogP contribution in [-0.2, 0) is 16.1 Å². The van der Waals surface area contributed by atoms with E-state index in [-0.39, 0.29) is 11.6 Å². The van der Waals surface area contributed by atoms with Gasteiger partial charge in [-0.15, -0.1) is 0 Å². The molecular weight excluding hydrogens is 280 g/mol. The number of esters is 1. The fourth-order valence-corrected chi connectivity index (χ4v) is 1.75. The van der Waals surface area contributed by atoms with Crippen LogP contribution in [0.1, 0.15) is 64.4 Å². The molecule has 1 aromatic carbocycles. The normalized spacial score (nSPS) is 12.1. The highest BCUT2D eigenvalue weighted by Gasteiger charge is 2.19. The lowest BCUT2D eigenvalue weighted by Crippen LogP contribution is -2.24. The number of carbonyl (C=O) groups excluding carboxylic acids is 1. The largest absolute Gasteiger partial charge is 0.494 e. The molecule has 0 aliphatic carbocycles. The van der Waals surface area contributed by atoms with Crippen LogP contribution in [0.25, 0.3) is 0 Å². The molecule has 0 fully saturated rings. The summed E-state index contributed by atoms with van der Waals surface area (Å²) >= 11 is 0. The average Bonchev–Trinajstić information content (AvgIpc) is 2.34. The maximum atomic E-state index is 12.3. The zero-order valence-corrected chi connectivity index (χ0v) is 14.8. The van der Waals surface area contributed by atoms with Crippen LogP contribution in [0.5, 0.6) is 5.75 Å². The Balaban J connectivity index is 3.01. The van der Waals surface area contributed by atoms with Crippen LogP contribution in [0.4, 0.5) is 0 Å². The fourth-order valence-electron chi connectivity index (χ4n) is 1.75. The van der Waals surface area contributed by atoms with E-state index in [9.17, 15) is 4.79 Å². The Labute approximate surface area is 133 Å². The monoisotopic (exact) mass is 308 g/mol. The lowest BCUT2D eigenvalue weighted by atomic mass is 10.1. The number of carbonyl (C=O) groups is 1. The van der Waals surface area contributed by atoms with Crippen molar-refractivity contribution in [2.45, 2.75) is 66.3 Å². The van der Waals surface area contributed by atoms with E-state index in [1.165, 1.54) is 0 Å². The smallest absolute Gasteiger partial charge is 0.338 e. The highest BCUT2D eigenvalue weighted by atomic mass is 16.6. The summed E-state index contributed by atoms with van der Waals surface area (Å²) in [6.45, 7) is 14.4. The molecule has 0 saturated heterocycles. The molecule has 0 unspecified atom stereocenters. The van der Waals surface area contributed by atoms with Crippen molar-refractivity contribution in [3.8, 4) is 5.75 Å². The van der Waals surface area contributed by atoms with E-state index in [1.807, 2.05) is 54.5 Å². The van der Waals surface area contributed by atoms with Crippen LogP contribution < -0.4 is 4.74 Å². The summed E-state index contributed by atoms with van der Waals surface area (Å²) in [5, 5.41) is 0. The molecule has 0 aliphatic rings. The van der Waals surface area contributed by atoms with Crippen molar-refractivity contribution in [3.05, 3.63) is 29.3 Å². The molecule has 0 atom stereocenters. The number of benzene rings is 1. The van der Waals surface area contributed by atoms with Crippen LogP contribution in [-0.4, -0.2) is 23.8 Å². The van der Waals surface area contributed by atoms with Crippen molar-refractivity contribution in [2.75, 3.05) is 6.61 Å². The molecule has 0 aliphatic heterocycles. The minimum atomic E-state index is -0.527. The standard InChI is InChI=1S/C18H28O4/c1-8-20-15-10-13(12-21-17(2,3)4)9-14(11-15)16(19)22-18(5,6)7/h9-11H,8,12H2,1-7H3. The molecule has 0 bridgehead atoms. The van der Waals surface area contributed by atoms with Gasteiger partial charge in [-0.2, -0.15) is 0 Å². The lowest BCUT2D eigenvalue weighted by molar-refractivity contribution is -0.0150. The summed E-state index contributed by atoms with van der Waals surface area (Å²) in [6, 6.07) is 5.39. The number of ether oxygens (including phenoxy) is 3. The van der Waals surface area contributed by atoms with Gasteiger partial charge < -0.3 is 14.2 Å². The van der Waals surface area contributed by atoms with Crippen molar-refractivity contribution < 1.29 is 19.0 Å². The predicted molar refractivity (Wildman–Crippen MR) is 87.3 cm³/mol. The molecule has 4 heteroatoms. The Morgan fingerprint density at radius 1 is 1.00 bits per heavy atom. The molecule has 1 rings (SSSR count). The molecule has 0 radical (unpaired) electrons. The van der Waals surface area contributed by atoms with Gasteiger partial charge >= 0.3 is 5.97 Å². The van der Waals surface area contributed by atoms with Gasteiger partial charge in [0.25, 0.3) is 0 Å². The number of hydrogen-bond acceptors (Lipinski definition) is 4. The van der Waals surface area contributed by atoms with E-state index in [4.69, 9.17) is 14.2 Å². The Bertz CT molecular complexity index is 507. The third-order valence-electron chi connectivity index (χ3n) is 2.58. The van der Waals surface area contributed by atoms with Gasteiger partial charge in [0.2, 0.25) is 0 Å². The highest BCUT2D eigenvalue weighted by molar-refractivity contribution is 5.90. The lowest BCUT2D eigenvalue weighted by Gasteiger charge is -2.21. The second-order valence-electron chi connectivity index (χ2n) is 7.20. The quantitative estimate of drug-likeness (QED) is 0.758. The SMILES string of the molecule is CCOc1cc(COC(C)(C)C)cc(C(=O)OC(C)(C)C)c1. The molecular formula is C18H28O4. The maximum Gasteiger partial charge on any atom is 0.338 e. The molecule has 0 spiro atoms. The second kappa shape index (κ2) is 7.14. The van der Waals surface area contributed by atoms with E-state index in [0.717, 1.165) is 5.56 Å². The van der Waals surface area contributed by atoms with Crippen molar-refractivity contribution in [3.63, 3.8) is 0 Å². The van der Waals surface area contributed by atoms with Gasteiger partial charge in [-0.25, -0.2) is 4.79 Å². The van der Waals surface area contributed by atoms with Crippen molar-refractivity contribution in [1.29, 1.82) is 0 Å². The molecule has 1 aromatic rings. The Morgan fingerprint density at radius 2 is 1.64 bits per heavy atom. The minimum absolute atomic E-state index is 0.242. The molecule has 0 amide bonds. The molecule has 22 heavy (non-hydrogen) atoms. The van der Waals surface area contributed by atoms with Gasteiger partial charge in [0.05, 0.1) is 24.4 Å². The van der Waals surface area contributed by atoms with Gasteiger partial charge in [0.15, 0.2) is 0 Å². The van der Waals surface area contributed by atoms with E-state index in [1.54, 1.807) is 12.1 Å². The van der Waals surface area contributed by atoms with Gasteiger partial charge in [-0.1, -0.05) is 0 Å². The van der Waals surface area contributed by atoms with E-state index >= 15 is 0 Å². The van der Waals surface area contributed by atoms with Crippen LogP contribution in [0.15, 0.2) is 18.2 Å². The Hall–Kier alpha value is -1.55. The van der Waals surface area contributed by atoms with Crippen LogP contribution in [0.2, 0.25) is 0 Å². The predicted octanol–water partition coefficient (Wildman–Crippen LogP) is 4.36. The summed E-state index contributed by atoms with van der Waals surface area (Å²) in [4.78, 5) is 12.3. The van der Waals surface area contributed by atoms with E-state index < -0.39 is 5.60 Å². The summed E-state index contributed by atoms with van der Waals surface area (Å²) in [5.41, 5.74) is 0.601. The average molecular weight is 308 g/mol. The molecule has 0 saturated carbocycles. The fraction of sp³-hybridized carbons (Fsp3) is 0.611. The first-order chi connectivity index (χ1) is 10.00. The first kappa shape index (κ1) is 18.5. The minimum Gasteiger partial charge on any atom is -0.494 e. The van der Waals surface area contributed by atoms with Crippen LogP contribution in [0.3, 0.4) is 0 Å². The molecule has 124 valence electrons. The Kier molecular flexibility index (Phi) is 6.00. The van der Waals surface area contributed by atoms with Crippen molar-refractivity contribution >= 4 is 5.97 Å². The first-order valence-corrected chi connectivity index (χ1v) is 7.64. The molecule has 0 aromatic heterocycles. The topological polar surface area (TPSA) is 44.8 Å². The third kappa shape index (κ3) is 6.94. The zero-order valence-electron chi connectivity index (χ0n) is 14.8. The van der Waals surface area contributed by atoms with Gasteiger partial charge in [-0.3, -0.25) is 0 Å². The summed E-state index contributed by atoms with van der Waals surface area (Å²) in [6.07, 6.45) is 0. The molecule has 4 nitrogen and oxygen atoms in total. The second-order valence-corrected chi connectivity index (χ2v) is 7.20. The highest BCUT2D eigenvalue weighted by Crippen LogP contribution is 2.22.